The van der Waals surface area contributed by atoms with Crippen LogP contribution in [-0.4, -0.2) is 34.4 Å². The predicted molar refractivity (Wildman–Crippen MR) is 121 cm³/mol. The van der Waals surface area contributed by atoms with Crippen LogP contribution in [0.5, 0.6) is 5.75 Å². The molecule has 1 N–H and O–H groups in total. The Kier molecular flexibility index (Phi) is 8.14. The maximum atomic E-state index is 13.0. The van der Waals surface area contributed by atoms with Crippen molar-refractivity contribution < 1.29 is 9.53 Å². The van der Waals surface area contributed by atoms with Gasteiger partial charge < -0.3 is 10.1 Å². The highest BCUT2D eigenvalue weighted by Gasteiger charge is 2.23. The summed E-state index contributed by atoms with van der Waals surface area (Å²) in [5.41, 5.74) is 9.85. The number of carbonyl (C=O) groups excluding carboxylic acids is 1. The molecular weight excluding hydrogens is 475 g/mol. The highest BCUT2D eigenvalue weighted by molar-refractivity contribution is 6.42. The summed E-state index contributed by atoms with van der Waals surface area (Å²) in [7, 11) is 0. The summed E-state index contributed by atoms with van der Waals surface area (Å²) in [6.07, 6.45) is 1.57. The van der Waals surface area contributed by atoms with Crippen molar-refractivity contribution in [1.29, 1.82) is 0 Å². The molecule has 0 bridgehead atoms. The fourth-order valence-corrected chi connectivity index (χ4v) is 3.42. The van der Waals surface area contributed by atoms with Crippen molar-refractivity contribution in [3.63, 3.8) is 0 Å². The van der Waals surface area contributed by atoms with Gasteiger partial charge in [0.1, 0.15) is 25.4 Å². The van der Waals surface area contributed by atoms with E-state index in [4.69, 9.17) is 33.5 Å². The molecule has 2 heterocycles. The Morgan fingerprint density at radius 1 is 1.21 bits per heavy atom. The van der Waals surface area contributed by atoms with Gasteiger partial charge in [0.15, 0.2) is 11.4 Å². The van der Waals surface area contributed by atoms with Crippen LogP contribution in [0.1, 0.15) is 21.7 Å². The number of azide groups is 1. The van der Waals surface area contributed by atoms with Gasteiger partial charge in [-0.05, 0) is 23.7 Å². The lowest BCUT2D eigenvalue weighted by Gasteiger charge is -2.13. The van der Waals surface area contributed by atoms with Crippen molar-refractivity contribution in [2.24, 2.45) is 15.5 Å². The van der Waals surface area contributed by atoms with Crippen LogP contribution in [0.25, 0.3) is 16.1 Å². The quantitative estimate of drug-likeness (QED) is 0.178. The first-order valence-corrected chi connectivity index (χ1v) is 10.2. The van der Waals surface area contributed by atoms with E-state index in [2.05, 4.69) is 30.7 Å². The zero-order valence-electron chi connectivity index (χ0n) is 16.9. The fourth-order valence-electron chi connectivity index (χ4n) is 3.05. The monoisotopic (exact) mass is 490 g/mol. The Bertz CT molecular complexity index is 1230. The Hall–Kier alpha value is -3.73. The van der Waals surface area contributed by atoms with Crippen molar-refractivity contribution in [3.8, 4) is 5.75 Å². The molecule has 33 heavy (non-hydrogen) atoms. The van der Waals surface area contributed by atoms with Gasteiger partial charge in [-0.1, -0.05) is 50.8 Å². The molecule has 0 fully saturated rings. The van der Waals surface area contributed by atoms with Gasteiger partial charge >= 0.3 is 0 Å². The van der Waals surface area contributed by atoms with Crippen LogP contribution in [0, 0.1) is 9.81 Å². The zero-order valence-corrected chi connectivity index (χ0v) is 18.4. The minimum absolute atomic E-state index is 0.0467. The third-order valence-electron chi connectivity index (χ3n) is 4.53. The summed E-state index contributed by atoms with van der Waals surface area (Å²) in [5, 5.41) is 12.2. The smallest absolute Gasteiger partial charge is 0.270 e. The van der Waals surface area contributed by atoms with E-state index in [0.29, 0.717) is 21.4 Å². The van der Waals surface area contributed by atoms with Gasteiger partial charge in [-0.25, -0.2) is 4.98 Å². The fraction of sp³-hybridized carbons (Fsp3) is 0.263. The lowest BCUT2D eigenvalue weighted by molar-refractivity contribution is 0.0932. The van der Waals surface area contributed by atoms with Crippen molar-refractivity contribution in [1.82, 2.24) is 14.7 Å². The number of ether oxygens (including phenoxy) is 1. The normalized spacial score (nSPS) is 10.6. The number of carbonyl (C=O) groups is 1. The third kappa shape index (κ3) is 5.55. The van der Waals surface area contributed by atoms with Gasteiger partial charge in [0.2, 0.25) is 0 Å². The van der Waals surface area contributed by atoms with E-state index in [9.17, 15) is 14.6 Å². The molecule has 14 heteroatoms. The first-order valence-electron chi connectivity index (χ1n) is 9.45. The van der Waals surface area contributed by atoms with Gasteiger partial charge in [-0.15, -0.1) is 0 Å². The molecule has 0 radical (unpaired) electrons. The highest BCUT2D eigenvalue weighted by Crippen LogP contribution is 2.28. The second-order valence-electron chi connectivity index (χ2n) is 6.66. The van der Waals surface area contributed by atoms with Gasteiger partial charge in [0.05, 0.1) is 28.3 Å². The lowest BCUT2D eigenvalue weighted by Crippen LogP contribution is -2.40. The van der Waals surface area contributed by atoms with Crippen molar-refractivity contribution in [2.75, 3.05) is 13.1 Å². The summed E-state index contributed by atoms with van der Waals surface area (Å²) < 4.78 is 7.33. The predicted octanol–water partition coefficient (Wildman–Crippen LogP) is 4.66. The summed E-state index contributed by atoms with van der Waals surface area (Å²) in [6.45, 7) is -0.816. The van der Waals surface area contributed by atoms with E-state index in [1.807, 2.05) is 0 Å². The Labute approximate surface area is 196 Å². The average molecular weight is 491 g/mol. The summed E-state index contributed by atoms with van der Waals surface area (Å²) >= 11 is 12.3. The average Bonchev–Trinajstić information content (AvgIpc) is 3.18. The molecule has 12 nitrogen and oxygen atoms in total. The molecule has 3 rings (SSSR count). The van der Waals surface area contributed by atoms with E-state index >= 15 is 0 Å². The minimum Gasteiger partial charge on any atom is -0.485 e. The second kappa shape index (κ2) is 11.2. The topological polar surface area (TPSA) is 163 Å². The van der Waals surface area contributed by atoms with E-state index in [1.54, 1.807) is 36.5 Å². The van der Waals surface area contributed by atoms with E-state index in [0.717, 1.165) is 0 Å². The molecule has 0 unspecified atom stereocenters. The van der Waals surface area contributed by atoms with Crippen LogP contribution >= 0.6 is 23.2 Å². The number of hydrogen-bond acceptors (Lipinski definition) is 8. The van der Waals surface area contributed by atoms with Crippen LogP contribution in [0.15, 0.2) is 52.0 Å². The molecule has 0 aliphatic heterocycles. The van der Waals surface area contributed by atoms with Gasteiger partial charge in [-0.3, -0.25) is 9.20 Å². The number of pyridine rings is 1. The van der Waals surface area contributed by atoms with Crippen LogP contribution in [0.3, 0.4) is 0 Å². The highest BCUT2D eigenvalue weighted by atomic mass is 35.5. The SMILES string of the molecule is [N-]=[N+]=NCc1nc2c(OCc3cccc(Cl)c3Cl)cccn2c1C(=O)NC(CN=O)CN=O. The molecule has 0 atom stereocenters. The molecular formula is C19H16Cl2N8O4. The lowest BCUT2D eigenvalue weighted by atomic mass is 10.2. The molecule has 3 aromatic rings. The minimum atomic E-state index is -0.894. The number of imidazole rings is 1. The van der Waals surface area contributed by atoms with Gasteiger partial charge in [0, 0.05) is 16.7 Å². The van der Waals surface area contributed by atoms with Crippen LogP contribution < -0.4 is 10.1 Å². The maximum Gasteiger partial charge on any atom is 0.270 e. The number of hydrogen-bond donors (Lipinski definition) is 1. The Morgan fingerprint density at radius 3 is 2.67 bits per heavy atom. The number of nitrogens with one attached hydrogen (secondary N) is 1. The molecule has 0 saturated carbocycles. The number of nitrogens with zero attached hydrogens (tertiary/aromatic N) is 7. The molecule has 0 aliphatic rings. The van der Waals surface area contributed by atoms with Gasteiger partial charge in [0.25, 0.3) is 5.91 Å². The van der Waals surface area contributed by atoms with Crippen molar-refractivity contribution in [3.05, 3.63) is 83.8 Å². The summed E-state index contributed by atoms with van der Waals surface area (Å²) in [6, 6.07) is 7.54. The Morgan fingerprint density at radius 2 is 1.97 bits per heavy atom. The molecule has 0 saturated heterocycles. The van der Waals surface area contributed by atoms with Crippen LogP contribution in [-0.2, 0) is 13.2 Å². The number of amides is 1. The van der Waals surface area contributed by atoms with Gasteiger partial charge in [-0.2, -0.15) is 9.81 Å². The second-order valence-corrected chi connectivity index (χ2v) is 7.44. The largest absolute Gasteiger partial charge is 0.485 e. The summed E-state index contributed by atoms with van der Waals surface area (Å²) in [4.78, 5) is 41.3. The molecule has 1 aromatic carbocycles. The number of aromatic nitrogens is 2. The molecule has 0 aliphatic carbocycles. The number of benzene rings is 1. The molecule has 0 spiro atoms. The Balaban J connectivity index is 1.98. The number of nitroso groups, excluding NO2 is 2. The van der Waals surface area contributed by atoms with Crippen LogP contribution in [0.2, 0.25) is 10.0 Å². The number of halogens is 2. The van der Waals surface area contributed by atoms with Crippen LogP contribution in [0.4, 0.5) is 0 Å². The maximum absolute atomic E-state index is 13.0. The van der Waals surface area contributed by atoms with Crippen molar-refractivity contribution in [2.45, 2.75) is 19.2 Å². The van der Waals surface area contributed by atoms with E-state index < -0.39 is 11.9 Å². The first kappa shape index (κ1) is 23.9. The van der Waals surface area contributed by atoms with E-state index in [-0.39, 0.29) is 43.3 Å². The summed E-state index contributed by atoms with van der Waals surface area (Å²) in [5.74, 6) is -0.326. The third-order valence-corrected chi connectivity index (χ3v) is 5.38. The molecule has 1 amide bonds. The van der Waals surface area contributed by atoms with Crippen molar-refractivity contribution >= 4 is 34.8 Å². The standard InChI is InChI=1S/C19H16Cl2N8O4/c20-13-4-1-3-11(16(13)21)10-33-15-5-2-6-29-17(14(9-23-28-22)27-18(15)29)19(30)26-12(7-24-31)8-25-32/h1-6,12H,7-10H2,(H,26,30). The molecule has 170 valence electrons. The number of fused-ring (bicyclic) bond motifs is 1. The number of rotatable bonds is 11. The molecule has 2 aromatic heterocycles. The van der Waals surface area contributed by atoms with E-state index in [1.165, 1.54) is 4.40 Å². The zero-order chi connectivity index (χ0) is 23.8. The first-order chi connectivity index (χ1) is 16.0.